The molecule has 0 radical (unpaired) electrons. The van der Waals surface area contributed by atoms with Crippen LogP contribution in [-0.4, -0.2) is 65.2 Å². The zero-order valence-electron chi connectivity index (χ0n) is 18.3. The van der Waals surface area contributed by atoms with Crippen LogP contribution in [0.3, 0.4) is 0 Å². The van der Waals surface area contributed by atoms with Gasteiger partial charge in [0.25, 0.3) is 5.91 Å². The van der Waals surface area contributed by atoms with Crippen molar-refractivity contribution in [2.45, 2.75) is 6.42 Å². The van der Waals surface area contributed by atoms with E-state index in [9.17, 15) is 14.4 Å². The van der Waals surface area contributed by atoms with Gasteiger partial charge in [-0.15, -0.1) is 0 Å². The van der Waals surface area contributed by atoms with Crippen molar-refractivity contribution in [1.82, 2.24) is 20.1 Å². The van der Waals surface area contributed by atoms with Crippen LogP contribution in [0.4, 0.5) is 0 Å². The van der Waals surface area contributed by atoms with Gasteiger partial charge in [-0.3, -0.25) is 19.4 Å². The maximum Gasteiger partial charge on any atom is 0.251 e. The molecule has 2 heterocycles. The molecule has 4 rings (SSSR count). The van der Waals surface area contributed by atoms with Gasteiger partial charge in [0.1, 0.15) is 0 Å². The number of rotatable bonds is 6. The Balaban J connectivity index is 1.22. The number of carbonyl (C=O) groups excluding carboxylic acids is 3. The van der Waals surface area contributed by atoms with Gasteiger partial charge in [0.05, 0.1) is 13.0 Å². The molecule has 0 aliphatic carbocycles. The Morgan fingerprint density at radius 3 is 1.97 bits per heavy atom. The largest absolute Gasteiger partial charge is 0.343 e. The van der Waals surface area contributed by atoms with Gasteiger partial charge in [-0.05, 0) is 35.4 Å². The van der Waals surface area contributed by atoms with Crippen molar-refractivity contribution in [3.63, 3.8) is 0 Å². The molecule has 0 bridgehead atoms. The average molecular weight is 443 g/mol. The zero-order valence-corrected chi connectivity index (χ0v) is 18.3. The fraction of sp³-hybridized carbons (Fsp3) is 0.231. The number of nitrogens with one attached hydrogen (secondary N) is 1. The number of nitrogens with zero attached hydrogens (tertiary/aromatic N) is 3. The number of hydrogen-bond donors (Lipinski definition) is 1. The molecule has 7 nitrogen and oxygen atoms in total. The van der Waals surface area contributed by atoms with E-state index in [-0.39, 0.29) is 30.7 Å². The highest BCUT2D eigenvalue weighted by Crippen LogP contribution is 2.19. The van der Waals surface area contributed by atoms with Gasteiger partial charge in [0.15, 0.2) is 0 Å². The van der Waals surface area contributed by atoms with Crippen LogP contribution in [0.5, 0.6) is 0 Å². The van der Waals surface area contributed by atoms with Crippen molar-refractivity contribution in [3.05, 3.63) is 90.3 Å². The molecule has 0 saturated carbocycles. The summed E-state index contributed by atoms with van der Waals surface area (Å²) >= 11 is 0. The zero-order chi connectivity index (χ0) is 23.0. The van der Waals surface area contributed by atoms with Crippen LogP contribution in [0, 0.1) is 0 Å². The first-order valence-corrected chi connectivity index (χ1v) is 11.0. The lowest BCUT2D eigenvalue weighted by Gasteiger charge is -2.34. The molecule has 1 aromatic heterocycles. The molecule has 1 aliphatic heterocycles. The van der Waals surface area contributed by atoms with E-state index in [2.05, 4.69) is 10.3 Å². The van der Waals surface area contributed by atoms with Crippen LogP contribution in [0.2, 0.25) is 0 Å². The van der Waals surface area contributed by atoms with Gasteiger partial charge in [-0.1, -0.05) is 48.5 Å². The topological polar surface area (TPSA) is 82.6 Å². The van der Waals surface area contributed by atoms with Gasteiger partial charge in [0, 0.05) is 43.6 Å². The summed E-state index contributed by atoms with van der Waals surface area (Å²) in [7, 11) is 0. The summed E-state index contributed by atoms with van der Waals surface area (Å²) in [6, 6.07) is 22.7. The van der Waals surface area contributed by atoms with E-state index in [1.165, 1.54) is 0 Å². The lowest BCUT2D eigenvalue weighted by Crippen LogP contribution is -2.52. The predicted molar refractivity (Wildman–Crippen MR) is 125 cm³/mol. The SMILES string of the molecule is O=C(NCC(=O)N1CCN(C(=O)Cc2ccccn2)CC1)c1ccc(-c2ccccc2)cc1. The Morgan fingerprint density at radius 2 is 1.33 bits per heavy atom. The van der Waals surface area contributed by atoms with Crippen molar-refractivity contribution in [2.24, 2.45) is 0 Å². The van der Waals surface area contributed by atoms with E-state index < -0.39 is 0 Å². The molecule has 0 spiro atoms. The molecule has 1 N–H and O–H groups in total. The summed E-state index contributed by atoms with van der Waals surface area (Å²) in [5.74, 6) is -0.429. The summed E-state index contributed by atoms with van der Waals surface area (Å²) in [6.45, 7) is 1.79. The molecule has 3 aromatic rings. The molecule has 1 saturated heterocycles. The number of hydrogen-bond acceptors (Lipinski definition) is 4. The van der Waals surface area contributed by atoms with Crippen LogP contribution in [0.15, 0.2) is 79.0 Å². The highest BCUT2D eigenvalue weighted by molar-refractivity contribution is 5.96. The minimum Gasteiger partial charge on any atom is -0.343 e. The highest BCUT2D eigenvalue weighted by Gasteiger charge is 2.24. The molecular formula is C26H26N4O3. The standard InChI is InChI=1S/C26H26N4O3/c31-24(18-23-8-4-5-13-27-23)29-14-16-30(17-15-29)25(32)19-28-26(33)22-11-9-21(10-12-22)20-6-2-1-3-7-20/h1-13H,14-19H2,(H,28,33). The molecule has 3 amide bonds. The first kappa shape index (κ1) is 22.2. The fourth-order valence-electron chi connectivity index (χ4n) is 3.79. The summed E-state index contributed by atoms with van der Waals surface area (Å²) in [5.41, 5.74) is 3.35. The average Bonchev–Trinajstić information content (AvgIpc) is 2.88. The van der Waals surface area contributed by atoms with Crippen molar-refractivity contribution in [3.8, 4) is 11.1 Å². The number of carbonyl (C=O) groups is 3. The second-order valence-electron chi connectivity index (χ2n) is 7.89. The number of amides is 3. The van der Waals surface area contributed by atoms with Gasteiger partial charge < -0.3 is 15.1 Å². The van der Waals surface area contributed by atoms with E-state index in [1.54, 1.807) is 28.1 Å². The van der Waals surface area contributed by atoms with Crippen molar-refractivity contribution >= 4 is 17.7 Å². The Kier molecular flexibility index (Phi) is 7.09. The smallest absolute Gasteiger partial charge is 0.251 e. The van der Waals surface area contributed by atoms with E-state index in [0.29, 0.717) is 31.7 Å². The molecule has 0 unspecified atom stereocenters. The quantitative estimate of drug-likeness (QED) is 0.636. The van der Waals surface area contributed by atoms with Crippen molar-refractivity contribution < 1.29 is 14.4 Å². The molecule has 7 heteroatoms. The Hall–Kier alpha value is -4.00. The van der Waals surface area contributed by atoms with Crippen molar-refractivity contribution in [2.75, 3.05) is 32.7 Å². The fourth-order valence-corrected chi connectivity index (χ4v) is 3.79. The van der Waals surface area contributed by atoms with Crippen LogP contribution >= 0.6 is 0 Å². The molecule has 2 aromatic carbocycles. The van der Waals surface area contributed by atoms with Gasteiger partial charge in [-0.25, -0.2) is 0 Å². The third-order valence-electron chi connectivity index (χ3n) is 5.70. The lowest BCUT2D eigenvalue weighted by atomic mass is 10.0. The first-order chi connectivity index (χ1) is 16.1. The number of piperazine rings is 1. The van der Waals surface area contributed by atoms with E-state index >= 15 is 0 Å². The molecule has 1 aliphatic rings. The summed E-state index contributed by atoms with van der Waals surface area (Å²) in [4.78, 5) is 45.1. The number of aromatic nitrogens is 1. The molecule has 168 valence electrons. The van der Waals surface area contributed by atoms with E-state index in [1.807, 2.05) is 60.7 Å². The summed E-state index contributed by atoms with van der Waals surface area (Å²) in [6.07, 6.45) is 1.93. The Labute approximate surface area is 193 Å². The Bertz CT molecular complexity index is 1090. The molecular weight excluding hydrogens is 416 g/mol. The van der Waals surface area contributed by atoms with E-state index in [4.69, 9.17) is 0 Å². The molecule has 1 fully saturated rings. The monoisotopic (exact) mass is 442 g/mol. The maximum absolute atomic E-state index is 12.5. The second-order valence-corrected chi connectivity index (χ2v) is 7.89. The van der Waals surface area contributed by atoms with Gasteiger partial charge in [-0.2, -0.15) is 0 Å². The van der Waals surface area contributed by atoms with E-state index in [0.717, 1.165) is 16.8 Å². The predicted octanol–water partition coefficient (Wildman–Crippen LogP) is 2.39. The van der Waals surface area contributed by atoms with Gasteiger partial charge >= 0.3 is 0 Å². The third-order valence-corrected chi connectivity index (χ3v) is 5.70. The first-order valence-electron chi connectivity index (χ1n) is 11.0. The number of benzene rings is 2. The number of pyridine rings is 1. The van der Waals surface area contributed by atoms with Gasteiger partial charge in [0.2, 0.25) is 11.8 Å². The normalized spacial score (nSPS) is 13.5. The minimum atomic E-state index is -0.285. The molecule has 0 atom stereocenters. The highest BCUT2D eigenvalue weighted by atomic mass is 16.2. The molecule has 33 heavy (non-hydrogen) atoms. The summed E-state index contributed by atoms with van der Waals surface area (Å²) < 4.78 is 0. The lowest BCUT2D eigenvalue weighted by molar-refractivity contribution is -0.138. The van der Waals surface area contributed by atoms with Crippen LogP contribution < -0.4 is 5.32 Å². The van der Waals surface area contributed by atoms with Crippen LogP contribution in [0.25, 0.3) is 11.1 Å². The van der Waals surface area contributed by atoms with Crippen LogP contribution in [-0.2, 0) is 16.0 Å². The van der Waals surface area contributed by atoms with Crippen molar-refractivity contribution in [1.29, 1.82) is 0 Å². The third kappa shape index (κ3) is 5.83. The Morgan fingerprint density at radius 1 is 0.727 bits per heavy atom. The van der Waals surface area contributed by atoms with Crippen LogP contribution in [0.1, 0.15) is 16.1 Å². The maximum atomic E-state index is 12.5. The second kappa shape index (κ2) is 10.5. The summed E-state index contributed by atoms with van der Waals surface area (Å²) in [5, 5.41) is 2.70. The minimum absolute atomic E-state index is 0.00745.